The Morgan fingerprint density at radius 2 is 1.62 bits per heavy atom. The van der Waals surface area contributed by atoms with Gasteiger partial charge < -0.3 is 25.2 Å². The van der Waals surface area contributed by atoms with E-state index < -0.39 is 23.7 Å². The molecular weight excluding hydrogens is 276 g/mol. The van der Waals surface area contributed by atoms with Gasteiger partial charge in [-0.05, 0) is 17.7 Å². The maximum atomic E-state index is 12.2. The van der Waals surface area contributed by atoms with E-state index in [-0.39, 0.29) is 22.8 Å². The molecule has 2 aromatic rings. The minimum absolute atomic E-state index is 0.000810. The van der Waals surface area contributed by atoms with Gasteiger partial charge in [-0.15, -0.1) is 0 Å². The van der Waals surface area contributed by atoms with Crippen molar-refractivity contribution in [2.75, 3.05) is 0 Å². The van der Waals surface area contributed by atoms with Crippen molar-refractivity contribution in [3.63, 3.8) is 0 Å². The van der Waals surface area contributed by atoms with Crippen LogP contribution in [0.5, 0.6) is 23.0 Å². The number of hydrogen-bond donors (Lipinski definition) is 4. The Hall–Kier alpha value is -2.73. The number of phenolic OH excluding ortho intramolecular Hbond substituents is 3. The third-order valence-corrected chi connectivity index (χ3v) is 3.34. The molecule has 0 aliphatic carbocycles. The van der Waals surface area contributed by atoms with Crippen LogP contribution in [-0.2, 0) is 0 Å². The molecule has 0 bridgehead atoms. The second-order valence-electron chi connectivity index (χ2n) is 4.78. The second-order valence-corrected chi connectivity index (χ2v) is 4.78. The molecule has 0 saturated heterocycles. The fourth-order valence-electron chi connectivity index (χ4n) is 2.33. The molecule has 0 radical (unpaired) electrons. The number of ketones is 1. The number of rotatable bonds is 1. The number of carbonyl (C=O) groups excluding carboxylic acids is 1. The Balaban J connectivity index is 2.07. The van der Waals surface area contributed by atoms with Gasteiger partial charge in [0.2, 0.25) is 5.78 Å². The van der Waals surface area contributed by atoms with Crippen LogP contribution >= 0.6 is 0 Å². The summed E-state index contributed by atoms with van der Waals surface area (Å²) < 4.78 is 5.53. The first-order chi connectivity index (χ1) is 9.97. The van der Waals surface area contributed by atoms with Crippen molar-refractivity contribution in [1.82, 2.24) is 0 Å². The molecule has 6 heteroatoms. The number of aliphatic hydroxyl groups excluding tert-OH is 1. The highest BCUT2D eigenvalue weighted by atomic mass is 16.5. The predicted octanol–water partition coefficient (Wildman–Crippen LogP) is 1.48. The van der Waals surface area contributed by atoms with E-state index in [2.05, 4.69) is 0 Å². The lowest BCUT2D eigenvalue weighted by Gasteiger charge is -2.30. The Morgan fingerprint density at radius 3 is 2.29 bits per heavy atom. The van der Waals surface area contributed by atoms with Crippen molar-refractivity contribution < 1.29 is 30.0 Å². The standard InChI is InChI=1S/C15H12O6/c16-8-3-1-7(2-4-8)15-14(20)13(19)12-10(18)5-9(17)6-11(12)21-15/h1-6,14-18,20H/t14-,15?/m1/s1. The molecule has 2 atom stereocenters. The van der Waals surface area contributed by atoms with Gasteiger partial charge in [-0.25, -0.2) is 0 Å². The van der Waals surface area contributed by atoms with E-state index in [1.54, 1.807) is 0 Å². The topological polar surface area (TPSA) is 107 Å². The molecule has 108 valence electrons. The monoisotopic (exact) mass is 288 g/mol. The molecule has 6 nitrogen and oxygen atoms in total. The number of aromatic hydroxyl groups is 3. The summed E-state index contributed by atoms with van der Waals surface area (Å²) in [7, 11) is 0. The molecule has 1 heterocycles. The molecule has 3 rings (SSSR count). The molecule has 0 saturated carbocycles. The normalized spacial score (nSPS) is 20.7. The summed E-state index contributed by atoms with van der Waals surface area (Å²) in [6, 6.07) is 8.06. The minimum atomic E-state index is -1.49. The number of fused-ring (bicyclic) bond motifs is 1. The number of phenols is 3. The zero-order valence-electron chi connectivity index (χ0n) is 10.7. The van der Waals surface area contributed by atoms with Crippen molar-refractivity contribution in [3.8, 4) is 23.0 Å². The van der Waals surface area contributed by atoms with E-state index in [1.165, 1.54) is 30.3 Å². The molecule has 2 aromatic carbocycles. The van der Waals surface area contributed by atoms with Crippen LogP contribution in [-0.4, -0.2) is 32.3 Å². The first-order valence-electron chi connectivity index (χ1n) is 6.21. The summed E-state index contributed by atoms with van der Waals surface area (Å²) in [6.07, 6.45) is -2.47. The number of carbonyl (C=O) groups is 1. The number of Topliss-reactive ketones (excluding diaryl/α,β-unsaturated/α-hetero) is 1. The highest BCUT2D eigenvalue weighted by Crippen LogP contribution is 2.41. The lowest BCUT2D eigenvalue weighted by atomic mass is 9.93. The highest BCUT2D eigenvalue weighted by molar-refractivity contribution is 6.05. The Morgan fingerprint density at radius 1 is 0.952 bits per heavy atom. The summed E-state index contributed by atoms with van der Waals surface area (Å²) in [6.45, 7) is 0. The molecule has 0 spiro atoms. The van der Waals surface area contributed by atoms with E-state index in [0.29, 0.717) is 5.56 Å². The van der Waals surface area contributed by atoms with Crippen LogP contribution in [0.3, 0.4) is 0 Å². The van der Waals surface area contributed by atoms with Crippen molar-refractivity contribution in [1.29, 1.82) is 0 Å². The number of ether oxygens (including phenoxy) is 1. The van der Waals surface area contributed by atoms with Crippen LogP contribution < -0.4 is 4.74 Å². The summed E-state index contributed by atoms with van der Waals surface area (Å²) in [5.74, 6) is -1.34. The van der Waals surface area contributed by atoms with Gasteiger partial charge in [0.1, 0.15) is 28.6 Å². The molecule has 1 unspecified atom stereocenters. The summed E-state index contributed by atoms with van der Waals surface area (Å²) in [5, 5.41) is 38.5. The Kier molecular flexibility index (Phi) is 2.95. The highest BCUT2D eigenvalue weighted by Gasteiger charge is 2.39. The summed E-state index contributed by atoms with van der Waals surface area (Å²) in [5.41, 5.74) is 0.331. The fourth-order valence-corrected chi connectivity index (χ4v) is 2.33. The van der Waals surface area contributed by atoms with Gasteiger partial charge in [0, 0.05) is 12.1 Å². The zero-order valence-corrected chi connectivity index (χ0v) is 10.7. The lowest BCUT2D eigenvalue weighted by Crippen LogP contribution is -2.36. The lowest BCUT2D eigenvalue weighted by molar-refractivity contribution is 0.0210. The van der Waals surface area contributed by atoms with Crippen molar-refractivity contribution in [2.45, 2.75) is 12.2 Å². The number of hydrogen-bond acceptors (Lipinski definition) is 6. The molecule has 0 amide bonds. The third kappa shape index (κ3) is 2.15. The van der Waals surface area contributed by atoms with E-state index in [0.717, 1.165) is 6.07 Å². The predicted molar refractivity (Wildman–Crippen MR) is 71.6 cm³/mol. The molecule has 0 fully saturated rings. The molecular formula is C15H12O6. The maximum Gasteiger partial charge on any atom is 0.202 e. The van der Waals surface area contributed by atoms with Gasteiger partial charge in [0.15, 0.2) is 12.2 Å². The van der Waals surface area contributed by atoms with E-state index in [4.69, 9.17) is 4.74 Å². The average Bonchev–Trinajstić information content (AvgIpc) is 2.43. The van der Waals surface area contributed by atoms with Crippen LogP contribution in [0.2, 0.25) is 0 Å². The number of aliphatic hydroxyl groups is 1. The molecule has 1 aliphatic rings. The Labute approximate surface area is 119 Å². The molecule has 1 aliphatic heterocycles. The molecule has 21 heavy (non-hydrogen) atoms. The van der Waals surface area contributed by atoms with Gasteiger partial charge in [-0.1, -0.05) is 12.1 Å². The van der Waals surface area contributed by atoms with Gasteiger partial charge in [0.25, 0.3) is 0 Å². The van der Waals surface area contributed by atoms with Gasteiger partial charge in [0.05, 0.1) is 0 Å². The zero-order chi connectivity index (χ0) is 15.1. The molecule has 4 N–H and O–H groups in total. The first-order valence-corrected chi connectivity index (χ1v) is 6.21. The first kappa shape index (κ1) is 13.3. The van der Waals surface area contributed by atoms with E-state index in [9.17, 15) is 25.2 Å². The van der Waals surface area contributed by atoms with Crippen molar-refractivity contribution in [2.24, 2.45) is 0 Å². The third-order valence-electron chi connectivity index (χ3n) is 3.34. The van der Waals surface area contributed by atoms with Crippen LogP contribution in [0.25, 0.3) is 0 Å². The van der Waals surface area contributed by atoms with Crippen molar-refractivity contribution in [3.05, 3.63) is 47.5 Å². The fraction of sp³-hybridized carbons (Fsp3) is 0.133. The SMILES string of the molecule is O=C1c2c(O)cc(O)cc2OC(c2ccc(O)cc2)[C@@H]1O. The van der Waals surface area contributed by atoms with Crippen LogP contribution in [0.1, 0.15) is 22.0 Å². The van der Waals surface area contributed by atoms with Gasteiger partial charge in [-0.3, -0.25) is 4.79 Å². The largest absolute Gasteiger partial charge is 0.508 e. The average molecular weight is 288 g/mol. The van der Waals surface area contributed by atoms with Crippen LogP contribution in [0.4, 0.5) is 0 Å². The summed E-state index contributed by atoms with van der Waals surface area (Å²) in [4.78, 5) is 12.2. The van der Waals surface area contributed by atoms with Crippen molar-refractivity contribution >= 4 is 5.78 Å². The Bertz CT molecular complexity index is 707. The smallest absolute Gasteiger partial charge is 0.202 e. The quantitative estimate of drug-likeness (QED) is 0.633. The van der Waals surface area contributed by atoms with E-state index >= 15 is 0 Å². The minimum Gasteiger partial charge on any atom is -0.508 e. The maximum absolute atomic E-state index is 12.2. The summed E-state index contributed by atoms with van der Waals surface area (Å²) >= 11 is 0. The number of benzene rings is 2. The van der Waals surface area contributed by atoms with Crippen LogP contribution in [0, 0.1) is 0 Å². The van der Waals surface area contributed by atoms with Gasteiger partial charge >= 0.3 is 0 Å². The van der Waals surface area contributed by atoms with Crippen LogP contribution in [0.15, 0.2) is 36.4 Å². The molecule has 0 aromatic heterocycles. The van der Waals surface area contributed by atoms with Gasteiger partial charge in [-0.2, -0.15) is 0 Å². The van der Waals surface area contributed by atoms with E-state index in [1.807, 2.05) is 0 Å². The second kappa shape index (κ2) is 4.68.